The zero-order chi connectivity index (χ0) is 12.5. The molecule has 0 aliphatic carbocycles. The van der Waals surface area contributed by atoms with E-state index in [-0.39, 0.29) is 5.69 Å². The highest BCUT2D eigenvalue weighted by molar-refractivity contribution is 5.92. The summed E-state index contributed by atoms with van der Waals surface area (Å²) in [7, 11) is 0. The van der Waals surface area contributed by atoms with Crippen LogP contribution >= 0.6 is 0 Å². The number of H-pyrrole nitrogens is 1. The van der Waals surface area contributed by atoms with Gasteiger partial charge >= 0.3 is 5.97 Å². The Morgan fingerprint density at radius 1 is 1.33 bits per heavy atom. The van der Waals surface area contributed by atoms with Crippen LogP contribution in [0.4, 0.5) is 0 Å². The van der Waals surface area contributed by atoms with Gasteiger partial charge in [0.1, 0.15) is 12.0 Å². The molecule has 0 atom stereocenters. The van der Waals surface area contributed by atoms with E-state index in [0.717, 1.165) is 5.39 Å². The molecule has 0 bridgehead atoms. The molecule has 7 nitrogen and oxygen atoms in total. The van der Waals surface area contributed by atoms with E-state index in [1.165, 1.54) is 18.6 Å². The normalized spacial score (nSPS) is 10.7. The maximum absolute atomic E-state index is 10.9. The Bertz CT molecular complexity index is 737. The van der Waals surface area contributed by atoms with Crippen LogP contribution in [0.5, 0.6) is 0 Å². The largest absolute Gasteiger partial charge is 0.477 e. The minimum Gasteiger partial charge on any atom is -0.477 e. The molecule has 0 amide bonds. The molecule has 3 aromatic rings. The molecule has 18 heavy (non-hydrogen) atoms. The second-order valence-corrected chi connectivity index (χ2v) is 3.56. The summed E-state index contributed by atoms with van der Waals surface area (Å²) in [5, 5.41) is 9.65. The molecule has 3 heterocycles. The van der Waals surface area contributed by atoms with Crippen molar-refractivity contribution in [1.82, 2.24) is 24.9 Å². The smallest absolute Gasteiger partial charge is 0.354 e. The van der Waals surface area contributed by atoms with E-state index in [1.807, 2.05) is 0 Å². The first-order valence-corrected chi connectivity index (χ1v) is 5.09. The molecule has 0 radical (unpaired) electrons. The lowest BCUT2D eigenvalue weighted by Crippen LogP contribution is -2.02. The number of hydrogen-bond donors (Lipinski definition) is 2. The van der Waals surface area contributed by atoms with Crippen LogP contribution in [0.3, 0.4) is 0 Å². The molecular formula is C11H7N5O2. The Morgan fingerprint density at radius 2 is 2.22 bits per heavy atom. The predicted molar refractivity (Wildman–Crippen MR) is 61.9 cm³/mol. The van der Waals surface area contributed by atoms with Gasteiger partial charge in [0.25, 0.3) is 0 Å². The molecule has 3 aromatic heterocycles. The standard InChI is InChI=1S/C11H7N5O2/c17-11(18)8-1-2-13-10(16-8)7-4-14-9-6(7)3-12-5-15-9/h1-5H,(H,17,18)(H,12,14,15). The highest BCUT2D eigenvalue weighted by Crippen LogP contribution is 2.23. The number of nitrogens with one attached hydrogen (secondary N) is 1. The van der Waals surface area contributed by atoms with Gasteiger partial charge in [0.2, 0.25) is 0 Å². The van der Waals surface area contributed by atoms with Crippen molar-refractivity contribution in [3.8, 4) is 11.4 Å². The first-order chi connectivity index (χ1) is 8.75. The Hall–Kier alpha value is -2.83. The maximum Gasteiger partial charge on any atom is 0.354 e. The third-order valence-electron chi connectivity index (χ3n) is 2.47. The lowest BCUT2D eigenvalue weighted by molar-refractivity contribution is 0.0690. The van der Waals surface area contributed by atoms with E-state index in [2.05, 4.69) is 24.9 Å². The lowest BCUT2D eigenvalue weighted by atomic mass is 10.2. The van der Waals surface area contributed by atoms with Gasteiger partial charge in [0.05, 0.1) is 0 Å². The summed E-state index contributed by atoms with van der Waals surface area (Å²) in [6.07, 6.45) is 6.15. The number of nitrogens with zero attached hydrogens (tertiary/aromatic N) is 4. The summed E-state index contributed by atoms with van der Waals surface area (Å²) >= 11 is 0. The van der Waals surface area contributed by atoms with Crippen molar-refractivity contribution in [1.29, 1.82) is 0 Å². The van der Waals surface area contributed by atoms with Gasteiger partial charge in [-0.25, -0.2) is 24.7 Å². The summed E-state index contributed by atoms with van der Waals surface area (Å²) < 4.78 is 0. The minimum absolute atomic E-state index is 0.0498. The summed E-state index contributed by atoms with van der Waals surface area (Å²) in [6, 6.07) is 1.34. The molecule has 0 unspecified atom stereocenters. The van der Waals surface area contributed by atoms with E-state index in [1.54, 1.807) is 12.4 Å². The van der Waals surface area contributed by atoms with Crippen molar-refractivity contribution in [3.63, 3.8) is 0 Å². The zero-order valence-electron chi connectivity index (χ0n) is 9.03. The van der Waals surface area contributed by atoms with Crippen LogP contribution in [0.2, 0.25) is 0 Å². The third-order valence-corrected chi connectivity index (χ3v) is 2.47. The van der Waals surface area contributed by atoms with Gasteiger partial charge in [-0.05, 0) is 6.07 Å². The van der Waals surface area contributed by atoms with Crippen molar-refractivity contribution < 1.29 is 9.90 Å². The second-order valence-electron chi connectivity index (χ2n) is 3.56. The number of aromatic amines is 1. The monoisotopic (exact) mass is 241 g/mol. The number of aromatic carboxylic acids is 1. The van der Waals surface area contributed by atoms with E-state index in [4.69, 9.17) is 5.11 Å². The molecule has 0 aliphatic rings. The topological polar surface area (TPSA) is 105 Å². The maximum atomic E-state index is 10.9. The highest BCUT2D eigenvalue weighted by atomic mass is 16.4. The number of carboxylic acids is 1. The molecule has 0 saturated carbocycles. The molecule has 0 aliphatic heterocycles. The molecule has 7 heteroatoms. The molecule has 0 spiro atoms. The van der Waals surface area contributed by atoms with Crippen LogP contribution in [0.25, 0.3) is 22.4 Å². The fourth-order valence-electron chi connectivity index (χ4n) is 1.65. The Labute approximate surface area is 101 Å². The second kappa shape index (κ2) is 3.88. The molecule has 0 saturated heterocycles. The van der Waals surface area contributed by atoms with Gasteiger partial charge in [-0.2, -0.15) is 0 Å². The van der Waals surface area contributed by atoms with Gasteiger partial charge in [-0.3, -0.25) is 0 Å². The fraction of sp³-hybridized carbons (Fsp3) is 0. The van der Waals surface area contributed by atoms with Gasteiger partial charge in [0.15, 0.2) is 11.5 Å². The molecule has 0 aromatic carbocycles. The van der Waals surface area contributed by atoms with E-state index in [0.29, 0.717) is 17.0 Å². The van der Waals surface area contributed by atoms with Crippen LogP contribution in [0.15, 0.2) is 31.0 Å². The molecule has 2 N–H and O–H groups in total. The predicted octanol–water partition coefficient (Wildman–Crippen LogP) is 1.11. The number of carboxylic acid groups (broad SMARTS) is 1. The zero-order valence-corrected chi connectivity index (χ0v) is 9.03. The SMILES string of the molecule is O=C(O)c1ccnc(-c2c[nH]c3ncncc23)n1. The number of carbonyl (C=O) groups is 1. The number of fused-ring (bicyclic) bond motifs is 1. The average Bonchev–Trinajstić information content (AvgIpc) is 2.82. The first-order valence-electron chi connectivity index (χ1n) is 5.09. The summed E-state index contributed by atoms with van der Waals surface area (Å²) in [6.45, 7) is 0. The first kappa shape index (κ1) is 10.3. The van der Waals surface area contributed by atoms with Crippen LogP contribution in [-0.2, 0) is 0 Å². The van der Waals surface area contributed by atoms with E-state index < -0.39 is 5.97 Å². The van der Waals surface area contributed by atoms with Crippen molar-refractivity contribution in [2.75, 3.05) is 0 Å². The van der Waals surface area contributed by atoms with E-state index >= 15 is 0 Å². The highest BCUT2D eigenvalue weighted by Gasteiger charge is 2.12. The third kappa shape index (κ3) is 1.58. The lowest BCUT2D eigenvalue weighted by Gasteiger charge is -1.98. The van der Waals surface area contributed by atoms with Gasteiger partial charge in [-0.1, -0.05) is 0 Å². The molecule has 88 valence electrons. The van der Waals surface area contributed by atoms with Crippen LogP contribution in [0, 0.1) is 0 Å². The Kier molecular flexibility index (Phi) is 2.23. The quantitative estimate of drug-likeness (QED) is 0.696. The summed E-state index contributed by atoms with van der Waals surface area (Å²) in [5.41, 5.74) is 1.28. The molecule has 0 fully saturated rings. The van der Waals surface area contributed by atoms with Crippen molar-refractivity contribution in [2.45, 2.75) is 0 Å². The number of hydrogen-bond acceptors (Lipinski definition) is 5. The summed E-state index contributed by atoms with van der Waals surface area (Å²) in [4.78, 5) is 29.8. The molecule has 3 rings (SSSR count). The van der Waals surface area contributed by atoms with Crippen LogP contribution in [-0.4, -0.2) is 36.0 Å². The van der Waals surface area contributed by atoms with Crippen molar-refractivity contribution in [3.05, 3.63) is 36.7 Å². The van der Waals surface area contributed by atoms with Gasteiger partial charge < -0.3 is 10.1 Å². The number of rotatable bonds is 2. The minimum atomic E-state index is -1.09. The summed E-state index contributed by atoms with van der Waals surface area (Å²) in [5.74, 6) is -0.759. The van der Waals surface area contributed by atoms with Gasteiger partial charge in [0, 0.05) is 29.5 Å². The Balaban J connectivity index is 2.20. The van der Waals surface area contributed by atoms with E-state index in [9.17, 15) is 4.79 Å². The average molecular weight is 241 g/mol. The van der Waals surface area contributed by atoms with Crippen molar-refractivity contribution >= 4 is 17.0 Å². The fourth-order valence-corrected chi connectivity index (χ4v) is 1.65. The molecular weight excluding hydrogens is 234 g/mol. The van der Waals surface area contributed by atoms with Crippen LogP contribution in [0.1, 0.15) is 10.5 Å². The van der Waals surface area contributed by atoms with Crippen molar-refractivity contribution in [2.24, 2.45) is 0 Å². The van der Waals surface area contributed by atoms with Crippen LogP contribution < -0.4 is 0 Å². The Morgan fingerprint density at radius 3 is 3.06 bits per heavy atom. The number of aromatic nitrogens is 5. The van der Waals surface area contributed by atoms with Gasteiger partial charge in [-0.15, -0.1) is 0 Å².